The van der Waals surface area contributed by atoms with E-state index in [1.54, 1.807) is 0 Å². The van der Waals surface area contributed by atoms with Crippen LogP contribution in [0.5, 0.6) is 11.5 Å². The third-order valence-corrected chi connectivity index (χ3v) is 7.87. The lowest BCUT2D eigenvalue weighted by atomic mass is 9.93. The van der Waals surface area contributed by atoms with Crippen molar-refractivity contribution in [3.63, 3.8) is 0 Å². The van der Waals surface area contributed by atoms with Gasteiger partial charge in [-0.1, -0.05) is 49.7 Å². The van der Waals surface area contributed by atoms with Crippen molar-refractivity contribution in [3.05, 3.63) is 93.0 Å². The molecule has 1 heterocycles. The van der Waals surface area contributed by atoms with E-state index < -0.39 is 8.38 Å². The van der Waals surface area contributed by atoms with E-state index in [1.165, 1.54) is 22.3 Å². The van der Waals surface area contributed by atoms with Gasteiger partial charge in [0.1, 0.15) is 11.5 Å². The van der Waals surface area contributed by atoms with Crippen LogP contribution in [0.1, 0.15) is 65.7 Å². The number of aryl methyl sites for hydroxylation is 2. The first-order valence-electron chi connectivity index (χ1n) is 12.1. The summed E-state index contributed by atoms with van der Waals surface area (Å²) in [6.45, 7) is 9.53. The zero-order chi connectivity index (χ0) is 25.7. The Balaban J connectivity index is 1.42. The zero-order valence-electron chi connectivity index (χ0n) is 21.1. The van der Waals surface area contributed by atoms with Crippen molar-refractivity contribution in [2.45, 2.75) is 52.6 Å². The fraction of sp³-hybridized carbons (Fsp3) is 0.345. The van der Waals surface area contributed by atoms with Crippen LogP contribution >= 0.6 is 20.0 Å². The first-order valence-corrected chi connectivity index (χ1v) is 13.9. The molecule has 36 heavy (non-hydrogen) atoms. The van der Waals surface area contributed by atoms with Crippen molar-refractivity contribution in [3.8, 4) is 11.5 Å². The van der Waals surface area contributed by atoms with Gasteiger partial charge in [0.25, 0.3) is 6.47 Å². The maximum atomic E-state index is 10.8. The Labute approximate surface area is 219 Å². The van der Waals surface area contributed by atoms with Crippen molar-refractivity contribution in [2.75, 3.05) is 13.0 Å². The van der Waals surface area contributed by atoms with Crippen LogP contribution in [0.25, 0.3) is 0 Å². The molecule has 0 N–H and O–H groups in total. The molecule has 0 spiro atoms. The van der Waals surface area contributed by atoms with E-state index in [0.29, 0.717) is 30.2 Å². The number of rotatable bonds is 9. The lowest BCUT2D eigenvalue weighted by molar-refractivity contribution is -0.120. The van der Waals surface area contributed by atoms with Crippen molar-refractivity contribution in [2.24, 2.45) is 0 Å². The molecule has 1 aliphatic rings. The smallest absolute Gasteiger partial charge is 0.298 e. The third kappa shape index (κ3) is 6.66. The van der Waals surface area contributed by atoms with Gasteiger partial charge in [-0.3, -0.25) is 4.79 Å². The molecule has 7 heteroatoms. The Kier molecular flexibility index (Phi) is 9.03. The molecule has 0 aromatic heterocycles. The van der Waals surface area contributed by atoms with Crippen LogP contribution in [0.4, 0.5) is 0 Å². The molecule has 0 aliphatic carbocycles. The Hall–Kier alpha value is -2.43. The van der Waals surface area contributed by atoms with Gasteiger partial charge in [-0.05, 0) is 89.9 Å². The van der Waals surface area contributed by atoms with Gasteiger partial charge in [-0.15, -0.1) is 0 Å². The number of hydrogen-bond acceptors (Lipinski definition) is 5. The number of hydrogen-bond donors (Lipinski definition) is 0. The molecule has 0 saturated carbocycles. The van der Waals surface area contributed by atoms with Crippen LogP contribution in [0.2, 0.25) is 5.02 Å². The van der Waals surface area contributed by atoms with Crippen LogP contribution in [0.15, 0.2) is 54.6 Å². The molecular weight excluding hydrogens is 495 g/mol. The maximum absolute atomic E-state index is 10.8. The minimum absolute atomic E-state index is 0.0305. The highest BCUT2D eigenvalue weighted by Crippen LogP contribution is 2.49. The molecule has 0 radical (unpaired) electrons. The lowest BCUT2D eigenvalue weighted by Gasteiger charge is -2.29. The highest BCUT2D eigenvalue weighted by atomic mass is 35.5. The predicted molar refractivity (Wildman–Crippen MR) is 144 cm³/mol. The number of ether oxygens (including phenoxy) is 2. The summed E-state index contributed by atoms with van der Waals surface area (Å²) in [5.74, 6) is 1.68. The number of halogens is 1. The summed E-state index contributed by atoms with van der Waals surface area (Å²) < 4.78 is 23.3. The Bertz CT molecular complexity index is 1190. The van der Waals surface area contributed by atoms with Crippen LogP contribution in [0.3, 0.4) is 0 Å². The average molecular weight is 527 g/mol. The summed E-state index contributed by atoms with van der Waals surface area (Å²) in [6.07, 6.45) is 1.93. The highest BCUT2D eigenvalue weighted by Gasteiger charge is 2.26. The Morgan fingerprint density at radius 3 is 2.58 bits per heavy atom. The van der Waals surface area contributed by atoms with E-state index in [-0.39, 0.29) is 12.0 Å². The minimum atomic E-state index is -1.15. The fourth-order valence-corrected chi connectivity index (χ4v) is 5.92. The van der Waals surface area contributed by atoms with Crippen LogP contribution in [-0.4, -0.2) is 19.4 Å². The molecule has 1 aliphatic heterocycles. The van der Waals surface area contributed by atoms with Crippen LogP contribution in [-0.2, 0) is 20.3 Å². The first kappa shape index (κ1) is 26.6. The summed E-state index contributed by atoms with van der Waals surface area (Å²) in [7, 11) is -1.15. The van der Waals surface area contributed by atoms with Gasteiger partial charge < -0.3 is 18.5 Å². The average Bonchev–Trinajstić information content (AvgIpc) is 2.86. The molecule has 190 valence electrons. The van der Waals surface area contributed by atoms with Crippen LogP contribution in [0, 0.1) is 13.8 Å². The topological polar surface area (TPSA) is 54.0 Å². The van der Waals surface area contributed by atoms with Gasteiger partial charge in [-0.25, -0.2) is 0 Å². The molecule has 0 amide bonds. The van der Waals surface area contributed by atoms with Crippen molar-refractivity contribution >= 4 is 26.4 Å². The van der Waals surface area contributed by atoms with Gasteiger partial charge in [0.2, 0.25) is 8.38 Å². The number of benzene rings is 3. The van der Waals surface area contributed by atoms with E-state index in [1.807, 2.05) is 36.4 Å². The van der Waals surface area contributed by atoms with Gasteiger partial charge in [-0.2, -0.15) is 0 Å². The van der Waals surface area contributed by atoms with Gasteiger partial charge in [0.05, 0.1) is 12.7 Å². The second-order valence-electron chi connectivity index (χ2n) is 9.33. The summed E-state index contributed by atoms with van der Waals surface area (Å²) in [5.41, 5.74) is 6.87. The quantitative estimate of drug-likeness (QED) is 0.209. The van der Waals surface area contributed by atoms with E-state index >= 15 is 0 Å². The van der Waals surface area contributed by atoms with E-state index in [9.17, 15) is 4.79 Å². The van der Waals surface area contributed by atoms with E-state index in [4.69, 9.17) is 30.1 Å². The molecular formula is C29H32ClO5P. The molecule has 4 rings (SSSR count). The molecule has 1 saturated heterocycles. The monoisotopic (exact) mass is 526 g/mol. The lowest BCUT2D eigenvalue weighted by Crippen LogP contribution is -2.14. The number of carbonyl (C=O) groups excluding carboxylic acids is 1. The zero-order valence-corrected chi connectivity index (χ0v) is 22.8. The van der Waals surface area contributed by atoms with E-state index in [2.05, 4.69) is 45.9 Å². The maximum Gasteiger partial charge on any atom is 0.298 e. The standard InChI is InChI=1S/C29H32ClO5P/c1-19(2)26-14-22(8-9-29(26)32-17-31)15-27-20(3)12-25(13-21(27)4)33-18-36-34-11-10-28(35-36)23-6-5-7-24(30)16-23/h5-9,12-14,16-17,19,28H,10-11,15,18H2,1-4H3. The van der Waals surface area contributed by atoms with E-state index in [0.717, 1.165) is 29.7 Å². The van der Waals surface area contributed by atoms with Crippen molar-refractivity contribution in [1.82, 2.24) is 0 Å². The molecule has 1 fully saturated rings. The second kappa shape index (κ2) is 12.2. The summed E-state index contributed by atoms with van der Waals surface area (Å²) in [5, 5.41) is 0.708. The predicted octanol–water partition coefficient (Wildman–Crippen LogP) is 8.03. The molecule has 2 atom stereocenters. The summed E-state index contributed by atoms with van der Waals surface area (Å²) in [4.78, 5) is 10.8. The Morgan fingerprint density at radius 2 is 1.89 bits per heavy atom. The molecule has 0 bridgehead atoms. The SMILES string of the molecule is Cc1cc(OCP2OCCC(c3cccc(Cl)c3)O2)cc(C)c1Cc1ccc(OC=O)c(C(C)C)c1. The second-order valence-corrected chi connectivity index (χ2v) is 11.2. The van der Waals surface area contributed by atoms with Gasteiger partial charge in [0.15, 0.2) is 6.35 Å². The third-order valence-electron chi connectivity index (χ3n) is 6.34. The largest absolute Gasteiger partial charge is 0.484 e. The Morgan fingerprint density at radius 1 is 1.11 bits per heavy atom. The molecule has 5 nitrogen and oxygen atoms in total. The summed E-state index contributed by atoms with van der Waals surface area (Å²) >= 11 is 6.15. The van der Waals surface area contributed by atoms with Crippen molar-refractivity contribution < 1.29 is 23.3 Å². The summed E-state index contributed by atoms with van der Waals surface area (Å²) in [6, 6.07) is 18.0. The first-order chi connectivity index (χ1) is 17.3. The fourth-order valence-electron chi connectivity index (χ4n) is 4.45. The highest BCUT2D eigenvalue weighted by molar-refractivity contribution is 7.47. The molecule has 3 aromatic rings. The van der Waals surface area contributed by atoms with Gasteiger partial charge >= 0.3 is 0 Å². The number of carbonyl (C=O) groups is 1. The van der Waals surface area contributed by atoms with Crippen LogP contribution < -0.4 is 9.47 Å². The normalized spacial score (nSPS) is 17.7. The van der Waals surface area contributed by atoms with Gasteiger partial charge in [0, 0.05) is 11.4 Å². The minimum Gasteiger partial charge on any atom is -0.484 e. The molecule has 3 aromatic carbocycles. The van der Waals surface area contributed by atoms with Crippen molar-refractivity contribution in [1.29, 1.82) is 0 Å². The molecule has 2 unspecified atom stereocenters.